The number of nitrogens with zero attached hydrogens (tertiary/aromatic N) is 1. The minimum atomic E-state index is -0.728. The highest BCUT2D eigenvalue weighted by molar-refractivity contribution is 9.10. The van der Waals surface area contributed by atoms with Crippen molar-refractivity contribution in [3.63, 3.8) is 0 Å². The Morgan fingerprint density at radius 1 is 1.14 bits per heavy atom. The number of carbonyl (C=O) groups excluding carboxylic acids is 4. The second kappa shape index (κ2) is 9.92. The summed E-state index contributed by atoms with van der Waals surface area (Å²) in [6, 6.07) is 2.47. The van der Waals surface area contributed by atoms with Gasteiger partial charge in [0.1, 0.15) is 12.2 Å². The summed E-state index contributed by atoms with van der Waals surface area (Å²) in [6.07, 6.45) is 1.43. The van der Waals surface area contributed by atoms with E-state index in [0.29, 0.717) is 22.4 Å². The van der Waals surface area contributed by atoms with Gasteiger partial charge in [-0.15, -0.1) is 0 Å². The van der Waals surface area contributed by atoms with Crippen molar-refractivity contribution in [3.05, 3.63) is 27.9 Å². The van der Waals surface area contributed by atoms with Gasteiger partial charge in [-0.25, -0.2) is 14.5 Å². The number of methoxy groups -OCH3 is 2. The quantitative estimate of drug-likeness (QED) is 0.344. The van der Waals surface area contributed by atoms with Gasteiger partial charge in [-0.3, -0.25) is 9.59 Å². The summed E-state index contributed by atoms with van der Waals surface area (Å²) in [7, 11) is 2.41. The summed E-state index contributed by atoms with van der Waals surface area (Å²) in [6.45, 7) is 1.29. The number of esters is 2. The van der Waals surface area contributed by atoms with Gasteiger partial charge in [0.05, 0.1) is 25.3 Å². The highest BCUT2D eigenvalue weighted by atomic mass is 79.9. The molecule has 1 fully saturated rings. The van der Waals surface area contributed by atoms with Crippen LogP contribution in [0, 0.1) is 0 Å². The first-order valence-electron chi connectivity index (χ1n) is 8.38. The highest BCUT2D eigenvalue weighted by Gasteiger charge is 2.35. The number of urea groups is 1. The van der Waals surface area contributed by atoms with Gasteiger partial charge < -0.3 is 24.3 Å². The van der Waals surface area contributed by atoms with E-state index >= 15 is 0 Å². The number of nitrogens with one attached hydrogen (secondary N) is 1. The third-order valence-corrected chi connectivity index (χ3v) is 4.27. The molecule has 156 valence electrons. The van der Waals surface area contributed by atoms with Crippen molar-refractivity contribution in [2.45, 2.75) is 6.92 Å². The predicted molar refractivity (Wildman–Crippen MR) is 103 cm³/mol. The van der Waals surface area contributed by atoms with Crippen LogP contribution in [0.4, 0.5) is 4.79 Å². The number of hydrogen-bond donors (Lipinski definition) is 1. The van der Waals surface area contributed by atoms with Gasteiger partial charge in [0.25, 0.3) is 5.91 Å². The van der Waals surface area contributed by atoms with Crippen LogP contribution in [0.15, 0.2) is 22.3 Å². The lowest BCUT2D eigenvalue weighted by Gasteiger charge is -2.14. The molecule has 1 saturated heterocycles. The summed E-state index contributed by atoms with van der Waals surface area (Å²) in [5, 5.41) is 2.41. The fraction of sp³-hybridized carbons (Fsp3) is 0.333. The van der Waals surface area contributed by atoms with E-state index in [2.05, 4.69) is 30.7 Å². The molecule has 0 atom stereocenters. The predicted octanol–water partition coefficient (Wildman–Crippen LogP) is 1.47. The lowest BCUT2D eigenvalue weighted by molar-refractivity contribution is -0.144. The highest BCUT2D eigenvalue weighted by Crippen LogP contribution is 2.37. The van der Waals surface area contributed by atoms with Crippen LogP contribution in [0.2, 0.25) is 0 Å². The van der Waals surface area contributed by atoms with Crippen LogP contribution < -0.4 is 14.8 Å². The van der Waals surface area contributed by atoms with Crippen molar-refractivity contribution < 1.29 is 38.1 Å². The van der Waals surface area contributed by atoms with Gasteiger partial charge in [0.15, 0.2) is 18.1 Å². The summed E-state index contributed by atoms with van der Waals surface area (Å²) in [5.41, 5.74) is 0.491. The maximum Gasteiger partial charge on any atom is 0.343 e. The molecular formula is C18H19BrN2O8. The molecule has 0 aromatic heterocycles. The normalized spacial score (nSPS) is 14.6. The first-order chi connectivity index (χ1) is 13.8. The number of ether oxygens (including phenoxy) is 4. The van der Waals surface area contributed by atoms with E-state index in [-0.39, 0.29) is 18.1 Å². The Kier molecular flexibility index (Phi) is 7.59. The van der Waals surface area contributed by atoms with Gasteiger partial charge in [-0.1, -0.05) is 0 Å². The summed E-state index contributed by atoms with van der Waals surface area (Å²) >= 11 is 3.34. The summed E-state index contributed by atoms with van der Waals surface area (Å²) < 4.78 is 20.5. The van der Waals surface area contributed by atoms with Crippen molar-refractivity contribution >= 4 is 45.9 Å². The molecule has 10 nitrogen and oxygen atoms in total. The number of amides is 3. The molecule has 1 heterocycles. The average Bonchev–Trinajstić information content (AvgIpc) is 2.94. The molecule has 1 N–H and O–H groups in total. The van der Waals surface area contributed by atoms with Gasteiger partial charge >= 0.3 is 18.0 Å². The number of carbonyl (C=O) groups is 4. The van der Waals surface area contributed by atoms with Crippen molar-refractivity contribution in [2.24, 2.45) is 0 Å². The Balaban J connectivity index is 2.30. The van der Waals surface area contributed by atoms with Crippen molar-refractivity contribution in [1.82, 2.24) is 10.2 Å². The van der Waals surface area contributed by atoms with Gasteiger partial charge in [-0.05, 0) is 46.6 Å². The van der Waals surface area contributed by atoms with Gasteiger partial charge in [-0.2, -0.15) is 0 Å². The SMILES string of the molecule is CCOc1cc(/C=C2/NC(=O)N(CC(=O)OC)C2=O)cc(Br)c1OCC(=O)OC. The molecule has 3 amide bonds. The Bertz CT molecular complexity index is 868. The zero-order chi connectivity index (χ0) is 21.6. The van der Waals surface area contributed by atoms with Crippen molar-refractivity contribution in [2.75, 3.05) is 34.0 Å². The maximum atomic E-state index is 12.4. The van der Waals surface area contributed by atoms with Gasteiger partial charge in [0.2, 0.25) is 0 Å². The summed E-state index contributed by atoms with van der Waals surface area (Å²) in [5.74, 6) is -1.34. The third-order valence-electron chi connectivity index (χ3n) is 3.68. The maximum absolute atomic E-state index is 12.4. The van der Waals surface area contributed by atoms with Crippen LogP contribution >= 0.6 is 15.9 Å². The zero-order valence-corrected chi connectivity index (χ0v) is 17.5. The van der Waals surface area contributed by atoms with Crippen LogP contribution in [0.25, 0.3) is 6.08 Å². The van der Waals surface area contributed by atoms with E-state index < -0.39 is 30.4 Å². The lowest BCUT2D eigenvalue weighted by Crippen LogP contribution is -2.36. The van der Waals surface area contributed by atoms with E-state index in [1.54, 1.807) is 19.1 Å². The molecule has 0 aliphatic carbocycles. The van der Waals surface area contributed by atoms with Crippen LogP contribution in [0.5, 0.6) is 11.5 Å². The number of benzene rings is 1. The third kappa shape index (κ3) is 5.47. The van der Waals surface area contributed by atoms with E-state index in [1.165, 1.54) is 13.2 Å². The zero-order valence-electron chi connectivity index (χ0n) is 15.9. The molecule has 0 unspecified atom stereocenters. The number of hydrogen-bond acceptors (Lipinski definition) is 8. The summed E-state index contributed by atoms with van der Waals surface area (Å²) in [4.78, 5) is 47.8. The Morgan fingerprint density at radius 3 is 2.45 bits per heavy atom. The molecule has 29 heavy (non-hydrogen) atoms. The fourth-order valence-electron chi connectivity index (χ4n) is 2.34. The second-order valence-electron chi connectivity index (χ2n) is 5.58. The number of halogens is 1. The average molecular weight is 471 g/mol. The molecular weight excluding hydrogens is 452 g/mol. The lowest BCUT2D eigenvalue weighted by atomic mass is 10.1. The standard InChI is InChI=1S/C18H19BrN2O8/c1-4-28-13-7-10(5-11(19)16(13)29-9-15(23)27-3)6-12-17(24)21(18(25)20-12)8-14(22)26-2/h5-7H,4,8-9H2,1-3H3,(H,20,25)/b12-6+. The topological polar surface area (TPSA) is 120 Å². The van der Waals surface area contributed by atoms with E-state index in [4.69, 9.17) is 9.47 Å². The minimum Gasteiger partial charge on any atom is -0.490 e. The van der Waals surface area contributed by atoms with Crippen LogP contribution in [-0.2, 0) is 23.9 Å². The molecule has 0 radical (unpaired) electrons. The molecule has 1 aliphatic heterocycles. The van der Waals surface area contributed by atoms with Crippen LogP contribution in [0.3, 0.4) is 0 Å². The fourth-order valence-corrected chi connectivity index (χ4v) is 2.91. The molecule has 2 rings (SSSR count). The van der Waals surface area contributed by atoms with Crippen molar-refractivity contribution in [3.8, 4) is 11.5 Å². The number of imide groups is 1. The Morgan fingerprint density at radius 2 is 1.83 bits per heavy atom. The molecule has 0 saturated carbocycles. The van der Waals surface area contributed by atoms with E-state index in [0.717, 1.165) is 12.0 Å². The van der Waals surface area contributed by atoms with Crippen LogP contribution in [0.1, 0.15) is 12.5 Å². The minimum absolute atomic E-state index is 0.0171. The van der Waals surface area contributed by atoms with Crippen molar-refractivity contribution in [1.29, 1.82) is 0 Å². The Hall–Kier alpha value is -3.08. The molecule has 1 aliphatic rings. The van der Waals surface area contributed by atoms with E-state index in [9.17, 15) is 19.2 Å². The monoisotopic (exact) mass is 470 g/mol. The van der Waals surface area contributed by atoms with Crippen LogP contribution in [-0.4, -0.2) is 62.8 Å². The second-order valence-corrected chi connectivity index (χ2v) is 6.44. The number of rotatable bonds is 8. The molecule has 0 spiro atoms. The largest absolute Gasteiger partial charge is 0.490 e. The molecule has 0 bridgehead atoms. The first kappa shape index (κ1) is 22.2. The molecule has 1 aromatic rings. The molecule has 11 heteroatoms. The first-order valence-corrected chi connectivity index (χ1v) is 9.17. The molecule has 1 aromatic carbocycles. The van der Waals surface area contributed by atoms with Gasteiger partial charge in [0, 0.05) is 0 Å². The Labute approximate surface area is 174 Å². The van der Waals surface area contributed by atoms with E-state index in [1.807, 2.05) is 0 Å². The smallest absolute Gasteiger partial charge is 0.343 e.